The van der Waals surface area contributed by atoms with Crippen LogP contribution >= 0.6 is 0 Å². The van der Waals surface area contributed by atoms with E-state index >= 15 is 0 Å². The lowest BCUT2D eigenvalue weighted by Gasteiger charge is -2.25. The van der Waals surface area contributed by atoms with E-state index in [4.69, 9.17) is 4.74 Å². The van der Waals surface area contributed by atoms with E-state index < -0.39 is 6.10 Å². The van der Waals surface area contributed by atoms with Crippen LogP contribution in [0.3, 0.4) is 0 Å². The van der Waals surface area contributed by atoms with Gasteiger partial charge in [-0.1, -0.05) is 19.3 Å². The van der Waals surface area contributed by atoms with Crippen molar-refractivity contribution in [2.75, 3.05) is 19.7 Å². The third-order valence-electron chi connectivity index (χ3n) is 4.26. The molecule has 0 aromatic carbocycles. The van der Waals surface area contributed by atoms with Crippen LogP contribution in [0.4, 0.5) is 0 Å². The lowest BCUT2D eigenvalue weighted by molar-refractivity contribution is -0.134. The molecule has 2 heterocycles. The predicted molar refractivity (Wildman–Crippen MR) is 76.6 cm³/mol. The summed E-state index contributed by atoms with van der Waals surface area (Å²) >= 11 is 0. The summed E-state index contributed by atoms with van der Waals surface area (Å²) in [4.78, 5) is 12.0. The number of nitrogens with one attached hydrogen (secondary N) is 2. The van der Waals surface area contributed by atoms with Crippen LogP contribution in [-0.4, -0.2) is 46.5 Å². The first-order valence-corrected chi connectivity index (χ1v) is 7.83. The zero-order valence-corrected chi connectivity index (χ0v) is 12.3. The maximum absolute atomic E-state index is 12.0. The third kappa shape index (κ3) is 3.59. The number of hydrogen-bond donors (Lipinski definition) is 2. The summed E-state index contributed by atoms with van der Waals surface area (Å²) in [6.45, 7) is 2.37. The molecule has 0 spiro atoms. The fraction of sp³-hybridized carbons (Fsp3) is 0.786. The summed E-state index contributed by atoms with van der Waals surface area (Å²) in [6, 6.07) is 0.480. The highest BCUT2D eigenvalue weighted by Crippen LogP contribution is 2.28. The Morgan fingerprint density at radius 1 is 1.43 bits per heavy atom. The molecular formula is C14H23N5O2. The minimum absolute atomic E-state index is 0.0830. The highest BCUT2D eigenvalue weighted by molar-refractivity contribution is 5.81. The van der Waals surface area contributed by atoms with Gasteiger partial charge < -0.3 is 19.9 Å². The van der Waals surface area contributed by atoms with Gasteiger partial charge in [0.1, 0.15) is 12.4 Å². The average Bonchev–Trinajstić information content (AvgIpc) is 3.03. The number of nitrogens with zero attached hydrogens (tertiary/aromatic N) is 3. The minimum Gasteiger partial charge on any atom is -0.366 e. The van der Waals surface area contributed by atoms with Gasteiger partial charge in [0, 0.05) is 19.1 Å². The quantitative estimate of drug-likeness (QED) is 0.839. The molecule has 2 aliphatic rings. The third-order valence-corrected chi connectivity index (χ3v) is 4.26. The number of amides is 1. The second-order valence-corrected chi connectivity index (χ2v) is 5.73. The van der Waals surface area contributed by atoms with Crippen LogP contribution in [0.5, 0.6) is 0 Å². The molecule has 7 heteroatoms. The van der Waals surface area contributed by atoms with Gasteiger partial charge in [-0.3, -0.25) is 4.79 Å². The fourth-order valence-corrected chi connectivity index (χ4v) is 3.07. The van der Waals surface area contributed by atoms with Crippen molar-refractivity contribution in [3.8, 4) is 0 Å². The van der Waals surface area contributed by atoms with Crippen molar-refractivity contribution < 1.29 is 9.53 Å². The molecule has 7 nitrogen and oxygen atoms in total. The lowest BCUT2D eigenvalue weighted by atomic mass is 9.95. The van der Waals surface area contributed by atoms with Gasteiger partial charge in [0.15, 0.2) is 5.82 Å². The van der Waals surface area contributed by atoms with E-state index in [1.165, 1.54) is 32.1 Å². The first-order valence-electron chi connectivity index (χ1n) is 7.83. The number of rotatable bonds is 4. The van der Waals surface area contributed by atoms with Crippen LogP contribution in [0.15, 0.2) is 6.33 Å². The minimum atomic E-state index is -0.398. The molecule has 1 aliphatic carbocycles. The van der Waals surface area contributed by atoms with E-state index in [0.717, 1.165) is 12.4 Å². The summed E-state index contributed by atoms with van der Waals surface area (Å²) < 4.78 is 7.56. The van der Waals surface area contributed by atoms with Crippen LogP contribution in [0.2, 0.25) is 0 Å². The molecule has 1 saturated heterocycles. The molecule has 116 valence electrons. The van der Waals surface area contributed by atoms with Gasteiger partial charge in [-0.15, -0.1) is 10.2 Å². The Bertz CT molecular complexity index is 464. The Balaban J connectivity index is 1.55. The molecule has 1 atom stereocenters. The van der Waals surface area contributed by atoms with E-state index in [0.29, 0.717) is 25.7 Å². The molecule has 1 saturated carbocycles. The van der Waals surface area contributed by atoms with E-state index in [1.54, 1.807) is 6.33 Å². The monoisotopic (exact) mass is 293 g/mol. The van der Waals surface area contributed by atoms with Crippen LogP contribution in [0.25, 0.3) is 0 Å². The van der Waals surface area contributed by atoms with Crippen LogP contribution in [0.1, 0.15) is 44.0 Å². The molecule has 1 amide bonds. The summed E-state index contributed by atoms with van der Waals surface area (Å²) in [6.07, 6.45) is 7.58. The molecule has 1 aliphatic heterocycles. The molecule has 3 rings (SSSR count). The zero-order chi connectivity index (χ0) is 14.5. The molecule has 21 heavy (non-hydrogen) atoms. The Hall–Kier alpha value is -1.47. The van der Waals surface area contributed by atoms with Crippen molar-refractivity contribution in [2.45, 2.75) is 50.8 Å². The topological polar surface area (TPSA) is 81.1 Å². The summed E-state index contributed by atoms with van der Waals surface area (Å²) in [7, 11) is 0. The molecular weight excluding hydrogens is 270 g/mol. The fourth-order valence-electron chi connectivity index (χ4n) is 3.07. The maximum atomic E-state index is 12.0. The molecule has 2 fully saturated rings. The standard InChI is InChI=1S/C14H23N5O2/c20-14(12-8-15-6-7-21-12)16-9-13-18-17-10-19(13)11-4-2-1-3-5-11/h10-12,15H,1-9H2,(H,16,20)/t12-/m0/s1. The number of morpholine rings is 1. The van der Waals surface area contributed by atoms with E-state index in [2.05, 4.69) is 25.4 Å². The van der Waals surface area contributed by atoms with Crippen molar-refractivity contribution in [3.63, 3.8) is 0 Å². The van der Waals surface area contributed by atoms with Gasteiger partial charge in [0.05, 0.1) is 13.2 Å². The average molecular weight is 293 g/mol. The highest BCUT2D eigenvalue weighted by atomic mass is 16.5. The number of hydrogen-bond acceptors (Lipinski definition) is 5. The first-order chi connectivity index (χ1) is 10.3. The van der Waals surface area contributed by atoms with Gasteiger partial charge in [0.25, 0.3) is 5.91 Å². The second kappa shape index (κ2) is 7.00. The van der Waals surface area contributed by atoms with Crippen molar-refractivity contribution in [1.29, 1.82) is 0 Å². The van der Waals surface area contributed by atoms with Crippen molar-refractivity contribution in [3.05, 3.63) is 12.2 Å². The first kappa shape index (κ1) is 14.5. The van der Waals surface area contributed by atoms with E-state index in [1.807, 2.05) is 0 Å². The molecule has 1 aromatic rings. The molecule has 0 unspecified atom stereocenters. The van der Waals surface area contributed by atoms with E-state index in [9.17, 15) is 4.79 Å². The SMILES string of the molecule is O=C(NCc1nncn1C1CCCCC1)[C@@H]1CNCCO1. The smallest absolute Gasteiger partial charge is 0.250 e. The number of carbonyl (C=O) groups is 1. The van der Waals surface area contributed by atoms with Gasteiger partial charge in [0.2, 0.25) is 0 Å². The lowest BCUT2D eigenvalue weighted by Crippen LogP contribution is -2.47. The Kier molecular flexibility index (Phi) is 4.82. The number of ether oxygens (including phenoxy) is 1. The predicted octanol–water partition coefficient (Wildman–Crippen LogP) is 0.388. The number of carbonyl (C=O) groups excluding carboxylic acids is 1. The molecule has 0 bridgehead atoms. The Morgan fingerprint density at radius 2 is 2.29 bits per heavy atom. The Morgan fingerprint density at radius 3 is 3.05 bits per heavy atom. The molecule has 1 aromatic heterocycles. The normalized spacial score (nSPS) is 23.9. The Labute approximate surface area is 124 Å². The summed E-state index contributed by atoms with van der Waals surface area (Å²) in [5.74, 6) is 0.749. The van der Waals surface area contributed by atoms with Gasteiger partial charge in [-0.2, -0.15) is 0 Å². The molecule has 0 radical (unpaired) electrons. The zero-order valence-electron chi connectivity index (χ0n) is 12.3. The van der Waals surface area contributed by atoms with Gasteiger partial charge in [-0.25, -0.2) is 0 Å². The van der Waals surface area contributed by atoms with Crippen molar-refractivity contribution in [1.82, 2.24) is 25.4 Å². The van der Waals surface area contributed by atoms with Crippen LogP contribution < -0.4 is 10.6 Å². The summed E-state index contributed by atoms with van der Waals surface area (Å²) in [5.41, 5.74) is 0. The van der Waals surface area contributed by atoms with Crippen molar-refractivity contribution >= 4 is 5.91 Å². The largest absolute Gasteiger partial charge is 0.366 e. The maximum Gasteiger partial charge on any atom is 0.250 e. The van der Waals surface area contributed by atoms with Gasteiger partial charge in [-0.05, 0) is 12.8 Å². The van der Waals surface area contributed by atoms with Crippen molar-refractivity contribution in [2.24, 2.45) is 0 Å². The summed E-state index contributed by atoms with van der Waals surface area (Å²) in [5, 5.41) is 14.2. The van der Waals surface area contributed by atoms with E-state index in [-0.39, 0.29) is 5.91 Å². The van der Waals surface area contributed by atoms with Crippen LogP contribution in [-0.2, 0) is 16.1 Å². The highest BCUT2D eigenvalue weighted by Gasteiger charge is 2.23. The number of aromatic nitrogens is 3. The van der Waals surface area contributed by atoms with Crippen LogP contribution in [0, 0.1) is 0 Å². The van der Waals surface area contributed by atoms with Gasteiger partial charge >= 0.3 is 0 Å². The second-order valence-electron chi connectivity index (χ2n) is 5.73. The molecule has 2 N–H and O–H groups in total.